The molecule has 6 rings (SSSR count). The monoisotopic (exact) mass is 495 g/mol. The zero-order valence-electron chi connectivity index (χ0n) is 19.0. The third-order valence-electron chi connectivity index (χ3n) is 5.95. The average molecular weight is 496 g/mol. The number of anilines is 2. The molecule has 172 valence electrons. The number of benzene rings is 3. The van der Waals surface area contributed by atoms with Gasteiger partial charge in [0.25, 0.3) is 0 Å². The van der Waals surface area contributed by atoms with E-state index in [1.54, 1.807) is 11.8 Å². The lowest BCUT2D eigenvalue weighted by Gasteiger charge is -2.32. The molecule has 1 aliphatic heterocycles. The van der Waals surface area contributed by atoms with Gasteiger partial charge in [-0.05, 0) is 37.3 Å². The van der Waals surface area contributed by atoms with E-state index >= 15 is 0 Å². The minimum absolute atomic E-state index is 0.0227. The summed E-state index contributed by atoms with van der Waals surface area (Å²) >= 11 is 3.01. The van der Waals surface area contributed by atoms with E-state index in [0.29, 0.717) is 11.7 Å². The van der Waals surface area contributed by atoms with Crippen LogP contribution in [0.1, 0.15) is 6.92 Å². The zero-order valence-corrected chi connectivity index (χ0v) is 20.6. The van der Waals surface area contributed by atoms with Crippen LogP contribution in [0.25, 0.3) is 22.1 Å². The van der Waals surface area contributed by atoms with Crippen molar-refractivity contribution in [1.29, 1.82) is 0 Å². The fourth-order valence-electron chi connectivity index (χ4n) is 4.39. The Morgan fingerprint density at radius 2 is 1.66 bits per heavy atom. The summed E-state index contributed by atoms with van der Waals surface area (Å²) in [4.78, 5) is 22.6. The van der Waals surface area contributed by atoms with Crippen molar-refractivity contribution in [2.45, 2.75) is 33.7 Å². The van der Waals surface area contributed by atoms with Crippen LogP contribution in [0.3, 0.4) is 0 Å². The third kappa shape index (κ3) is 3.69. The van der Waals surface area contributed by atoms with Gasteiger partial charge in [-0.15, -0.1) is 16.8 Å². The van der Waals surface area contributed by atoms with Crippen molar-refractivity contribution in [3.05, 3.63) is 85.5 Å². The van der Waals surface area contributed by atoms with Crippen molar-refractivity contribution >= 4 is 62.9 Å². The highest BCUT2D eigenvalue weighted by atomic mass is 32.2. The van der Waals surface area contributed by atoms with Crippen molar-refractivity contribution in [2.24, 2.45) is 0 Å². The van der Waals surface area contributed by atoms with Gasteiger partial charge in [0.2, 0.25) is 11.1 Å². The number of amides is 1. The number of para-hydroxylation sites is 3. The van der Waals surface area contributed by atoms with E-state index < -0.39 is 5.25 Å². The van der Waals surface area contributed by atoms with Gasteiger partial charge < -0.3 is 4.57 Å². The molecular formula is C27H21N5OS2. The maximum atomic E-state index is 13.8. The number of carbonyl (C=O) groups excluding carboxylic acids is 1. The molecule has 0 bridgehead atoms. The number of aromatic nitrogens is 4. The molecule has 1 aliphatic rings. The molecule has 1 atom stereocenters. The first kappa shape index (κ1) is 21.9. The van der Waals surface area contributed by atoms with Crippen LogP contribution in [-0.2, 0) is 11.3 Å². The smallest absolute Gasteiger partial charge is 0.244 e. The van der Waals surface area contributed by atoms with Crippen molar-refractivity contribution in [1.82, 2.24) is 19.7 Å². The molecule has 3 aromatic carbocycles. The molecule has 6 nitrogen and oxygen atoms in total. The molecule has 0 spiro atoms. The number of fused-ring (bicyclic) bond motifs is 5. The van der Waals surface area contributed by atoms with Crippen molar-refractivity contribution in [2.75, 3.05) is 4.90 Å². The molecule has 1 amide bonds. The Labute approximate surface area is 211 Å². The molecule has 0 saturated carbocycles. The Kier molecular flexibility index (Phi) is 5.54. The first-order valence-electron chi connectivity index (χ1n) is 11.2. The van der Waals surface area contributed by atoms with E-state index in [0.717, 1.165) is 43.2 Å². The summed E-state index contributed by atoms with van der Waals surface area (Å²) in [7, 11) is 0. The molecule has 1 unspecified atom stereocenters. The third-order valence-corrected chi connectivity index (χ3v) is 8.02. The Balaban J connectivity index is 1.36. The number of carbonyl (C=O) groups is 1. The molecule has 0 N–H and O–H groups in total. The van der Waals surface area contributed by atoms with Gasteiger partial charge in [0, 0.05) is 21.7 Å². The van der Waals surface area contributed by atoms with Gasteiger partial charge in [0.05, 0.1) is 22.1 Å². The first-order chi connectivity index (χ1) is 17.2. The van der Waals surface area contributed by atoms with Crippen molar-refractivity contribution in [3.8, 4) is 0 Å². The lowest BCUT2D eigenvalue weighted by atomic mass is 10.2. The van der Waals surface area contributed by atoms with Crippen molar-refractivity contribution in [3.63, 3.8) is 0 Å². The minimum atomic E-state index is -0.421. The minimum Gasteiger partial charge on any atom is -0.320 e. The van der Waals surface area contributed by atoms with E-state index in [9.17, 15) is 4.79 Å². The summed E-state index contributed by atoms with van der Waals surface area (Å²) in [6, 6.07) is 24.1. The summed E-state index contributed by atoms with van der Waals surface area (Å²) in [6.45, 7) is 6.40. The predicted octanol–water partition coefficient (Wildman–Crippen LogP) is 6.48. The number of allylic oxidation sites excluding steroid dienone is 1. The van der Waals surface area contributed by atoms with Gasteiger partial charge in [0.1, 0.15) is 5.52 Å². The molecule has 0 radical (unpaired) electrons. The first-order valence-corrected chi connectivity index (χ1v) is 12.9. The zero-order chi connectivity index (χ0) is 23.9. The lowest BCUT2D eigenvalue weighted by Crippen LogP contribution is -2.34. The van der Waals surface area contributed by atoms with Crippen LogP contribution in [0.2, 0.25) is 0 Å². The van der Waals surface area contributed by atoms with Gasteiger partial charge in [0.15, 0.2) is 5.65 Å². The fraction of sp³-hybridized carbons (Fsp3) is 0.111. The second kappa shape index (κ2) is 8.87. The van der Waals surface area contributed by atoms with Crippen LogP contribution in [0.5, 0.6) is 0 Å². The standard InChI is InChI=1S/C27H21N5OS2/c1-3-16-31-19-11-5-4-10-18(19)24-25(31)28-27(30-29-24)34-17(2)26(33)32-20-12-6-8-14-22(20)35-23-15-9-7-13-21(23)32/h3-15,17H,1,16H2,2H3. The Bertz CT molecular complexity index is 1570. The molecule has 0 saturated heterocycles. The van der Waals surface area contributed by atoms with E-state index in [1.165, 1.54) is 11.8 Å². The number of thioether (sulfide) groups is 1. The SMILES string of the molecule is C=CCn1c2ccccc2c2nnc(SC(C)C(=O)N3c4ccccc4Sc4ccccc43)nc21. The van der Waals surface area contributed by atoms with E-state index in [-0.39, 0.29) is 5.91 Å². The van der Waals surface area contributed by atoms with E-state index in [2.05, 4.69) is 21.3 Å². The second-order valence-corrected chi connectivity index (χ2v) is 10.5. The summed E-state index contributed by atoms with van der Waals surface area (Å²) in [5.74, 6) is -0.0227. The molecule has 0 aliphatic carbocycles. The average Bonchev–Trinajstić information content (AvgIpc) is 3.20. The quantitative estimate of drug-likeness (QED) is 0.206. The second-order valence-electron chi connectivity index (χ2n) is 8.15. The largest absolute Gasteiger partial charge is 0.320 e. The molecular weight excluding hydrogens is 474 g/mol. The van der Waals surface area contributed by atoms with Gasteiger partial charge in [-0.3, -0.25) is 9.69 Å². The van der Waals surface area contributed by atoms with Crippen LogP contribution in [-0.4, -0.2) is 30.9 Å². The van der Waals surface area contributed by atoms with Gasteiger partial charge in [-0.1, -0.05) is 72.1 Å². The Hall–Kier alpha value is -3.62. The highest BCUT2D eigenvalue weighted by Crippen LogP contribution is 2.48. The maximum absolute atomic E-state index is 13.8. The maximum Gasteiger partial charge on any atom is 0.244 e. The predicted molar refractivity (Wildman–Crippen MR) is 142 cm³/mol. The van der Waals surface area contributed by atoms with Gasteiger partial charge in [-0.25, -0.2) is 4.98 Å². The molecule has 8 heteroatoms. The molecule has 2 aromatic heterocycles. The molecule has 0 fully saturated rings. The van der Waals surface area contributed by atoms with E-state index in [4.69, 9.17) is 4.98 Å². The van der Waals surface area contributed by atoms with Crippen LogP contribution in [0, 0.1) is 0 Å². The Morgan fingerprint density at radius 1 is 1.00 bits per heavy atom. The summed E-state index contributed by atoms with van der Waals surface area (Å²) in [5, 5.41) is 9.92. The Morgan fingerprint density at radius 3 is 2.37 bits per heavy atom. The molecule has 3 heterocycles. The summed E-state index contributed by atoms with van der Waals surface area (Å²) < 4.78 is 2.08. The topological polar surface area (TPSA) is 63.9 Å². The number of hydrogen-bond donors (Lipinski definition) is 0. The number of hydrogen-bond acceptors (Lipinski definition) is 6. The van der Waals surface area contributed by atoms with Crippen molar-refractivity contribution < 1.29 is 4.79 Å². The molecule has 5 aromatic rings. The highest BCUT2D eigenvalue weighted by Gasteiger charge is 2.31. The van der Waals surface area contributed by atoms with Crippen LogP contribution < -0.4 is 4.90 Å². The summed E-state index contributed by atoms with van der Waals surface area (Å²) in [5.41, 5.74) is 4.33. The number of nitrogens with zero attached hydrogens (tertiary/aromatic N) is 5. The van der Waals surface area contributed by atoms with Gasteiger partial charge in [-0.2, -0.15) is 0 Å². The van der Waals surface area contributed by atoms with Crippen LogP contribution in [0.15, 0.2) is 100 Å². The summed E-state index contributed by atoms with van der Waals surface area (Å²) in [6.07, 6.45) is 1.84. The van der Waals surface area contributed by atoms with E-state index in [1.807, 2.05) is 90.7 Å². The lowest BCUT2D eigenvalue weighted by molar-refractivity contribution is -0.117. The highest BCUT2D eigenvalue weighted by molar-refractivity contribution is 8.00. The number of rotatable bonds is 5. The van der Waals surface area contributed by atoms with Crippen LogP contribution >= 0.6 is 23.5 Å². The molecule has 35 heavy (non-hydrogen) atoms. The van der Waals surface area contributed by atoms with Crippen LogP contribution in [0.4, 0.5) is 11.4 Å². The van der Waals surface area contributed by atoms with Gasteiger partial charge >= 0.3 is 0 Å². The fourth-order valence-corrected chi connectivity index (χ4v) is 6.19. The normalized spacial score (nSPS) is 13.5.